The molecule has 2 aliphatic heterocycles. The minimum absolute atomic E-state index is 0.0113. The second-order valence-electron chi connectivity index (χ2n) is 29.2. The summed E-state index contributed by atoms with van der Waals surface area (Å²) < 4.78 is 65.4. The summed E-state index contributed by atoms with van der Waals surface area (Å²) in [6.07, 6.45) is 9.87. The van der Waals surface area contributed by atoms with Crippen LogP contribution in [0, 0.1) is 27.7 Å². The second-order valence-corrected chi connectivity index (χ2v) is 40.4. The van der Waals surface area contributed by atoms with Crippen LogP contribution in [0.3, 0.4) is 0 Å². The highest BCUT2D eigenvalue weighted by Crippen LogP contribution is 2.37. The molecule has 96 heavy (non-hydrogen) atoms. The molecule has 2 fully saturated rings. The van der Waals surface area contributed by atoms with E-state index in [1.807, 2.05) is 159 Å². The van der Waals surface area contributed by atoms with Crippen LogP contribution in [-0.4, -0.2) is 127 Å². The minimum Gasteiger partial charge on any atom is -0.497 e. The average molecular weight is 1360 g/mol. The van der Waals surface area contributed by atoms with Gasteiger partial charge in [-0.05, 0) is 209 Å². The van der Waals surface area contributed by atoms with Gasteiger partial charge in [0.25, 0.3) is 0 Å². The number of aliphatic hydroxyl groups is 1. The molecule has 15 nitrogen and oxygen atoms in total. The predicted octanol–water partition coefficient (Wildman–Crippen LogP) is 17.0. The molecule has 8 atom stereocenters. The first-order chi connectivity index (χ1) is 45.3. The molecule has 526 valence electrons. The van der Waals surface area contributed by atoms with Crippen molar-refractivity contribution in [1.29, 1.82) is 0 Å². The van der Waals surface area contributed by atoms with E-state index in [1.54, 1.807) is 32.4 Å². The van der Waals surface area contributed by atoms with Gasteiger partial charge in [-0.2, -0.15) is 0 Å². The van der Waals surface area contributed by atoms with Gasteiger partial charge in [-0.1, -0.05) is 135 Å². The molecular weight excluding hydrogens is 1250 g/mol. The van der Waals surface area contributed by atoms with E-state index in [2.05, 4.69) is 58.3 Å². The molecule has 0 aromatic heterocycles. The van der Waals surface area contributed by atoms with E-state index < -0.39 is 58.1 Å². The van der Waals surface area contributed by atoms with Crippen molar-refractivity contribution in [3.05, 3.63) is 189 Å². The average Bonchev–Trinajstić information content (AvgIpc) is 1.42. The van der Waals surface area contributed by atoms with Crippen LogP contribution in [0.4, 0.5) is 0 Å². The van der Waals surface area contributed by atoms with E-state index in [9.17, 15) is 19.5 Å². The molecule has 5 aromatic carbocycles. The van der Waals surface area contributed by atoms with Gasteiger partial charge >= 0.3 is 17.9 Å². The summed E-state index contributed by atoms with van der Waals surface area (Å²) in [7, 11) is 0.664. The molecule has 2 unspecified atom stereocenters. The van der Waals surface area contributed by atoms with Crippen LogP contribution in [0.2, 0.25) is 51.4 Å². The van der Waals surface area contributed by atoms with Gasteiger partial charge in [0, 0.05) is 16.1 Å². The molecule has 0 bridgehead atoms. The minimum atomic E-state index is -1.34. The quantitative estimate of drug-likeness (QED) is 0.0178. The van der Waals surface area contributed by atoms with Crippen molar-refractivity contribution in [2.75, 3.05) is 27.4 Å². The number of benzene rings is 5. The lowest BCUT2D eigenvalue weighted by atomic mass is 9.93. The highest BCUT2D eigenvalue weighted by Gasteiger charge is 2.46. The van der Waals surface area contributed by atoms with Crippen molar-refractivity contribution in [1.82, 2.24) is 0 Å². The summed E-state index contributed by atoms with van der Waals surface area (Å²) in [6.45, 7) is 35.1. The van der Waals surface area contributed by atoms with Crippen molar-refractivity contribution in [3.63, 3.8) is 0 Å². The number of methoxy groups -OCH3 is 2. The number of ether oxygens (including phenoxy) is 11. The number of aryl methyl sites for hydroxylation is 6. The zero-order valence-corrected chi connectivity index (χ0v) is 62.8. The Hall–Kier alpha value is -6.26. The summed E-state index contributed by atoms with van der Waals surface area (Å²) in [5, 5.41) is 11.1. The molecule has 2 aliphatic rings. The molecule has 2 heterocycles. The lowest BCUT2D eigenvalue weighted by Gasteiger charge is -2.25. The van der Waals surface area contributed by atoms with Crippen LogP contribution in [0.25, 0.3) is 0 Å². The summed E-state index contributed by atoms with van der Waals surface area (Å²) in [5.41, 5.74) is 10.00. The zero-order chi connectivity index (χ0) is 70.4. The second kappa shape index (κ2) is 37.1. The van der Waals surface area contributed by atoms with Gasteiger partial charge in [-0.3, -0.25) is 0 Å². The van der Waals surface area contributed by atoms with E-state index in [0.717, 1.165) is 80.9 Å². The Bertz CT molecular complexity index is 3290. The SMILES string of the molecule is COc1ccc(CO[C@@H](C)C/C=C\C(O)[C@H]2OC(C)(C)O[C@H]2CCCc2cc(C)cc(C)c2C(=O)OCC[Si](C)(C)C)cc1.COc1ccc(CO[C@@H](C)C/C=C\C(OC(=O)c2ccccc2)[C@H]2OC(C)(C)O[C@H]2CCCc2cc(C)cc(C)c2C(=O)OCC[Si](C)(C)C)cc1. The molecule has 2 saturated heterocycles. The van der Waals surface area contributed by atoms with Crippen molar-refractivity contribution >= 4 is 34.1 Å². The van der Waals surface area contributed by atoms with E-state index in [-0.39, 0.29) is 36.4 Å². The van der Waals surface area contributed by atoms with Crippen molar-refractivity contribution < 1.29 is 71.6 Å². The number of esters is 3. The van der Waals surface area contributed by atoms with Gasteiger partial charge in [0.2, 0.25) is 0 Å². The van der Waals surface area contributed by atoms with Gasteiger partial charge < -0.3 is 57.2 Å². The first-order valence-electron chi connectivity index (χ1n) is 34.3. The van der Waals surface area contributed by atoms with Crippen LogP contribution >= 0.6 is 0 Å². The molecule has 0 aliphatic carbocycles. The summed E-state index contributed by atoms with van der Waals surface area (Å²) >= 11 is 0. The van der Waals surface area contributed by atoms with Gasteiger partial charge in [-0.25, -0.2) is 14.4 Å². The number of hydrogen-bond donors (Lipinski definition) is 1. The Balaban J connectivity index is 0.000000308. The van der Waals surface area contributed by atoms with Crippen LogP contribution in [0.1, 0.15) is 156 Å². The molecule has 0 saturated carbocycles. The largest absolute Gasteiger partial charge is 0.497 e. The summed E-state index contributed by atoms with van der Waals surface area (Å²) in [4.78, 5) is 39.8. The van der Waals surface area contributed by atoms with Crippen LogP contribution < -0.4 is 9.47 Å². The molecule has 0 radical (unpaired) electrons. The highest BCUT2D eigenvalue weighted by molar-refractivity contribution is 6.76. The standard InChI is InChI=1S/C43H58O8Si.C36H54O7Si/c1-30-27-31(2)39(42(45)47-25-26-52(7,8)9)35(28-30)18-14-20-38-40(51-43(4,5)50-38)37(49-41(44)34-16-11-10-12-17-34)19-13-15-32(3)48-29-33-21-23-36(46-6)24-22-33;1-25-22-26(2)33(35(38)40-20-21-44(7,8)9)29(23-25)13-11-15-32-34(43-36(4,5)42-32)31(37)14-10-12-27(3)41-24-28-16-18-30(39-6)19-17-28/h10-13,16-17,19,21-24,27-28,32,37-38,40H,14-15,18,20,25-26,29H2,1-9H3;10,14,16-19,22-23,27,31-32,34,37H,11-13,15,20-21,24H2,1-9H3/b19-13-;14-10-/t32-,37?,38-,40+;27-,31?,32-,34+/m00/s1. The third-order valence-corrected chi connectivity index (χ3v) is 20.3. The molecule has 5 aromatic rings. The van der Waals surface area contributed by atoms with Gasteiger partial charge in [0.15, 0.2) is 11.6 Å². The summed E-state index contributed by atoms with van der Waals surface area (Å²) in [5.74, 6) is -0.966. The van der Waals surface area contributed by atoms with Gasteiger partial charge in [-0.15, -0.1) is 0 Å². The normalized spacial score (nSPS) is 18.9. The van der Waals surface area contributed by atoms with Crippen LogP contribution in [-0.2, 0) is 68.7 Å². The number of rotatable bonds is 34. The first kappa shape index (κ1) is 78.7. The third kappa shape index (κ3) is 26.5. The van der Waals surface area contributed by atoms with E-state index in [4.69, 9.17) is 52.1 Å². The maximum atomic E-state index is 13.3. The monoisotopic (exact) mass is 1360 g/mol. The Morgan fingerprint density at radius 1 is 0.552 bits per heavy atom. The number of carbonyl (C=O) groups is 3. The Kier molecular flexibility index (Phi) is 30.4. The van der Waals surface area contributed by atoms with E-state index in [0.29, 0.717) is 81.6 Å². The van der Waals surface area contributed by atoms with Crippen LogP contribution in [0.5, 0.6) is 11.5 Å². The number of hydrogen-bond acceptors (Lipinski definition) is 15. The number of carbonyl (C=O) groups excluding carboxylic acids is 3. The van der Waals surface area contributed by atoms with Gasteiger partial charge in [0.1, 0.15) is 35.9 Å². The van der Waals surface area contributed by atoms with E-state index in [1.165, 1.54) is 0 Å². The number of aliphatic hydroxyl groups excluding tert-OH is 1. The van der Waals surface area contributed by atoms with Crippen molar-refractivity contribution in [2.45, 2.75) is 246 Å². The van der Waals surface area contributed by atoms with Crippen LogP contribution in [0.15, 0.2) is 127 Å². The van der Waals surface area contributed by atoms with Crippen molar-refractivity contribution in [2.24, 2.45) is 0 Å². The smallest absolute Gasteiger partial charge is 0.338 e. The molecule has 7 rings (SSSR count). The predicted molar refractivity (Wildman–Crippen MR) is 386 cm³/mol. The third-order valence-electron chi connectivity index (χ3n) is 16.9. The van der Waals surface area contributed by atoms with Gasteiger partial charge in [0.05, 0.1) is 81.8 Å². The molecule has 0 amide bonds. The fourth-order valence-corrected chi connectivity index (χ4v) is 13.3. The lowest BCUT2D eigenvalue weighted by Crippen LogP contribution is -2.37. The molecule has 0 spiro atoms. The molecular formula is C79H112O15Si2. The Morgan fingerprint density at radius 2 is 0.969 bits per heavy atom. The van der Waals surface area contributed by atoms with Crippen molar-refractivity contribution in [3.8, 4) is 11.5 Å². The fraction of sp³-hybridized carbons (Fsp3) is 0.532. The maximum Gasteiger partial charge on any atom is 0.338 e. The lowest BCUT2D eigenvalue weighted by molar-refractivity contribution is -0.153. The fourth-order valence-electron chi connectivity index (χ4n) is 11.8. The zero-order valence-electron chi connectivity index (χ0n) is 60.8. The van der Waals surface area contributed by atoms with E-state index >= 15 is 0 Å². The molecule has 1 N–H and O–H groups in total. The first-order valence-corrected chi connectivity index (χ1v) is 41.7. The Labute approximate surface area is 575 Å². The topological polar surface area (TPSA) is 173 Å². The maximum absolute atomic E-state index is 13.3. The Morgan fingerprint density at radius 3 is 1.40 bits per heavy atom. The summed E-state index contributed by atoms with van der Waals surface area (Å²) in [6, 6.07) is 34.7. The molecule has 17 heteroatoms. The highest BCUT2D eigenvalue weighted by atomic mass is 28.3.